The average molecular weight is 232 g/mol. The van der Waals surface area contributed by atoms with Gasteiger partial charge in [-0.05, 0) is 35.6 Å². The van der Waals surface area contributed by atoms with Gasteiger partial charge in [0.1, 0.15) is 5.58 Å². The monoisotopic (exact) mass is 232 g/mol. The van der Waals surface area contributed by atoms with Crippen molar-refractivity contribution in [2.45, 2.75) is 33.1 Å². The van der Waals surface area contributed by atoms with Crippen LogP contribution in [-0.2, 0) is 5.41 Å². The van der Waals surface area contributed by atoms with E-state index in [0.29, 0.717) is 5.58 Å². The van der Waals surface area contributed by atoms with Crippen molar-refractivity contribution >= 4 is 16.9 Å². The summed E-state index contributed by atoms with van der Waals surface area (Å²) in [6.45, 7) is 8.33. The quantitative estimate of drug-likeness (QED) is 0.814. The van der Waals surface area contributed by atoms with Crippen LogP contribution < -0.4 is 0 Å². The van der Waals surface area contributed by atoms with Gasteiger partial charge in [0, 0.05) is 5.39 Å². The van der Waals surface area contributed by atoms with E-state index in [1.165, 1.54) is 5.56 Å². The Morgan fingerprint density at radius 2 is 1.88 bits per heavy atom. The van der Waals surface area contributed by atoms with E-state index in [-0.39, 0.29) is 11.2 Å². The Bertz CT molecular complexity index is 585. The minimum Gasteiger partial charge on any atom is -0.475 e. The highest BCUT2D eigenvalue weighted by molar-refractivity contribution is 5.92. The molecule has 0 bridgehead atoms. The lowest BCUT2D eigenvalue weighted by Gasteiger charge is -2.19. The minimum atomic E-state index is -1.03. The molecule has 1 heterocycles. The van der Waals surface area contributed by atoms with Crippen molar-refractivity contribution in [3.63, 3.8) is 0 Å². The maximum absolute atomic E-state index is 10.9. The lowest BCUT2D eigenvalue weighted by atomic mass is 9.85. The van der Waals surface area contributed by atoms with Crippen molar-refractivity contribution in [1.82, 2.24) is 0 Å². The number of aryl methyl sites for hydroxylation is 1. The zero-order valence-corrected chi connectivity index (χ0v) is 10.5. The average Bonchev–Trinajstić information content (AvgIpc) is 2.60. The molecule has 90 valence electrons. The van der Waals surface area contributed by atoms with Crippen molar-refractivity contribution in [2.75, 3.05) is 0 Å². The number of benzene rings is 1. The highest BCUT2D eigenvalue weighted by atomic mass is 16.4. The summed E-state index contributed by atoms with van der Waals surface area (Å²) < 4.78 is 5.33. The van der Waals surface area contributed by atoms with Gasteiger partial charge in [0.15, 0.2) is 0 Å². The van der Waals surface area contributed by atoms with E-state index in [1.807, 2.05) is 13.0 Å². The fourth-order valence-corrected chi connectivity index (χ4v) is 1.87. The van der Waals surface area contributed by atoms with E-state index in [0.717, 1.165) is 10.9 Å². The number of rotatable bonds is 1. The normalized spacial score (nSPS) is 12.0. The van der Waals surface area contributed by atoms with E-state index >= 15 is 0 Å². The smallest absolute Gasteiger partial charge is 0.371 e. The number of fused-ring (bicyclic) bond motifs is 1. The summed E-state index contributed by atoms with van der Waals surface area (Å²) in [6.07, 6.45) is 0. The van der Waals surface area contributed by atoms with E-state index < -0.39 is 5.97 Å². The molecule has 0 fully saturated rings. The van der Waals surface area contributed by atoms with Crippen LogP contribution in [0.1, 0.15) is 42.5 Å². The van der Waals surface area contributed by atoms with Gasteiger partial charge in [-0.3, -0.25) is 0 Å². The van der Waals surface area contributed by atoms with Crippen molar-refractivity contribution in [3.8, 4) is 0 Å². The largest absolute Gasteiger partial charge is 0.475 e. The fourth-order valence-electron chi connectivity index (χ4n) is 1.87. The lowest BCUT2D eigenvalue weighted by molar-refractivity contribution is 0.0665. The second-order valence-corrected chi connectivity index (χ2v) is 5.38. The molecule has 3 heteroatoms. The molecule has 0 aliphatic carbocycles. The first-order valence-corrected chi connectivity index (χ1v) is 5.57. The zero-order valence-electron chi connectivity index (χ0n) is 10.5. The third-order valence-corrected chi connectivity index (χ3v) is 2.88. The molecule has 0 aliphatic rings. The molecule has 0 aliphatic heterocycles. The predicted molar refractivity (Wildman–Crippen MR) is 66.6 cm³/mol. The topological polar surface area (TPSA) is 50.4 Å². The second kappa shape index (κ2) is 3.62. The number of hydrogen-bond acceptors (Lipinski definition) is 2. The third-order valence-electron chi connectivity index (χ3n) is 2.88. The Kier molecular flexibility index (Phi) is 2.49. The predicted octanol–water partition coefficient (Wildman–Crippen LogP) is 3.74. The van der Waals surface area contributed by atoms with Crippen LogP contribution in [0.5, 0.6) is 0 Å². The molecule has 1 aromatic heterocycles. The van der Waals surface area contributed by atoms with Crippen molar-refractivity contribution in [3.05, 3.63) is 35.1 Å². The van der Waals surface area contributed by atoms with Crippen LogP contribution in [0.2, 0.25) is 0 Å². The first-order chi connectivity index (χ1) is 7.79. The third kappa shape index (κ3) is 2.05. The molecule has 0 amide bonds. The van der Waals surface area contributed by atoms with Gasteiger partial charge in [0.2, 0.25) is 5.76 Å². The van der Waals surface area contributed by atoms with Gasteiger partial charge in [-0.15, -0.1) is 0 Å². The first kappa shape index (κ1) is 11.7. The molecule has 17 heavy (non-hydrogen) atoms. The Labute approximate surface area is 100 Å². The van der Waals surface area contributed by atoms with Gasteiger partial charge in [-0.25, -0.2) is 4.79 Å². The number of aromatic carboxylic acids is 1. The van der Waals surface area contributed by atoms with Crippen LogP contribution in [0.15, 0.2) is 22.6 Å². The van der Waals surface area contributed by atoms with Crippen molar-refractivity contribution in [1.29, 1.82) is 0 Å². The number of carbonyl (C=O) groups is 1. The Hall–Kier alpha value is -1.77. The van der Waals surface area contributed by atoms with E-state index in [1.54, 1.807) is 6.07 Å². The summed E-state index contributed by atoms with van der Waals surface area (Å²) >= 11 is 0. The number of furan rings is 1. The molecular formula is C14H16O3. The van der Waals surface area contributed by atoms with Crippen LogP contribution in [-0.4, -0.2) is 11.1 Å². The standard InChI is InChI=1S/C14H16O3/c1-8-5-10(14(2,3)4)6-9-7-11(13(15)16)17-12(8)9/h5-7H,1-4H3,(H,15,16). The number of hydrogen-bond donors (Lipinski definition) is 1. The van der Waals surface area contributed by atoms with Crippen LogP contribution in [0.4, 0.5) is 0 Å². The fraction of sp³-hybridized carbons (Fsp3) is 0.357. The summed E-state index contributed by atoms with van der Waals surface area (Å²) in [7, 11) is 0. The van der Waals surface area contributed by atoms with Gasteiger partial charge in [-0.2, -0.15) is 0 Å². The summed E-state index contributed by atoms with van der Waals surface area (Å²) in [5.41, 5.74) is 2.86. The summed E-state index contributed by atoms with van der Waals surface area (Å²) in [6, 6.07) is 5.63. The molecule has 2 aromatic rings. The molecular weight excluding hydrogens is 216 g/mol. The van der Waals surface area contributed by atoms with E-state index in [4.69, 9.17) is 9.52 Å². The van der Waals surface area contributed by atoms with E-state index in [9.17, 15) is 4.79 Å². The second-order valence-electron chi connectivity index (χ2n) is 5.38. The SMILES string of the molecule is Cc1cc(C(C)(C)C)cc2cc(C(=O)O)oc12. The minimum absolute atomic E-state index is 0.00541. The lowest BCUT2D eigenvalue weighted by Crippen LogP contribution is -2.10. The van der Waals surface area contributed by atoms with Gasteiger partial charge >= 0.3 is 5.97 Å². The van der Waals surface area contributed by atoms with Gasteiger partial charge in [0.25, 0.3) is 0 Å². The van der Waals surface area contributed by atoms with Crippen LogP contribution in [0, 0.1) is 6.92 Å². The van der Waals surface area contributed by atoms with Gasteiger partial charge in [-0.1, -0.05) is 26.8 Å². The molecule has 1 aromatic carbocycles. The molecule has 0 saturated heterocycles. The molecule has 2 rings (SSSR count). The summed E-state index contributed by atoms with van der Waals surface area (Å²) in [5, 5.41) is 9.77. The zero-order chi connectivity index (χ0) is 12.8. The summed E-state index contributed by atoms with van der Waals surface area (Å²) in [5.74, 6) is -1.04. The maximum atomic E-state index is 10.9. The molecule has 0 spiro atoms. The number of carboxylic acids is 1. The highest BCUT2D eigenvalue weighted by Crippen LogP contribution is 2.30. The van der Waals surface area contributed by atoms with Gasteiger partial charge < -0.3 is 9.52 Å². The number of carboxylic acid groups (broad SMARTS) is 1. The maximum Gasteiger partial charge on any atom is 0.371 e. The Balaban J connectivity index is 2.69. The molecule has 1 N–H and O–H groups in total. The van der Waals surface area contributed by atoms with Crippen molar-refractivity contribution in [2.24, 2.45) is 0 Å². The highest BCUT2D eigenvalue weighted by Gasteiger charge is 2.18. The Morgan fingerprint density at radius 3 is 2.41 bits per heavy atom. The molecule has 0 radical (unpaired) electrons. The Morgan fingerprint density at radius 1 is 1.24 bits per heavy atom. The van der Waals surface area contributed by atoms with Crippen LogP contribution in [0.25, 0.3) is 11.0 Å². The van der Waals surface area contributed by atoms with Crippen LogP contribution in [0.3, 0.4) is 0 Å². The van der Waals surface area contributed by atoms with E-state index in [2.05, 4.69) is 26.8 Å². The molecule has 0 saturated carbocycles. The van der Waals surface area contributed by atoms with Gasteiger partial charge in [0.05, 0.1) is 0 Å². The van der Waals surface area contributed by atoms with Crippen molar-refractivity contribution < 1.29 is 14.3 Å². The molecule has 3 nitrogen and oxygen atoms in total. The van der Waals surface area contributed by atoms with Crippen LogP contribution >= 0.6 is 0 Å². The molecule has 0 unspecified atom stereocenters. The first-order valence-electron chi connectivity index (χ1n) is 5.57. The molecule has 0 atom stereocenters. The summed E-state index contributed by atoms with van der Waals surface area (Å²) in [4.78, 5) is 10.9.